The summed E-state index contributed by atoms with van der Waals surface area (Å²) in [4.78, 5) is 1.31. The van der Waals surface area contributed by atoms with E-state index in [2.05, 4.69) is 60.7 Å². The molecule has 0 aliphatic rings. The molecule has 0 saturated heterocycles. The molecule has 0 amide bonds. The van der Waals surface area contributed by atoms with Gasteiger partial charge in [0.15, 0.2) is 0 Å². The minimum absolute atomic E-state index is 0.869. The van der Waals surface area contributed by atoms with Gasteiger partial charge in [0.1, 0.15) is 5.76 Å². The zero-order valence-electron chi connectivity index (χ0n) is 11.9. The summed E-state index contributed by atoms with van der Waals surface area (Å²) in [6.07, 6.45) is 5.73. The molecule has 4 aromatic rings. The number of benzene rings is 2. The van der Waals surface area contributed by atoms with Gasteiger partial charge < -0.3 is 4.42 Å². The van der Waals surface area contributed by atoms with Crippen molar-refractivity contribution in [1.29, 1.82) is 0 Å². The lowest BCUT2D eigenvalue weighted by Gasteiger charge is -1.98. The third kappa shape index (κ3) is 2.61. The van der Waals surface area contributed by atoms with Crippen LogP contribution >= 0.6 is 11.3 Å². The Morgan fingerprint density at radius 1 is 0.818 bits per heavy atom. The van der Waals surface area contributed by atoms with Crippen LogP contribution in [0.15, 0.2) is 77.4 Å². The fourth-order valence-electron chi connectivity index (χ4n) is 2.45. The number of furan rings is 1. The van der Waals surface area contributed by atoms with Crippen molar-refractivity contribution < 1.29 is 4.42 Å². The number of hydrogen-bond donors (Lipinski definition) is 0. The zero-order chi connectivity index (χ0) is 14.8. The minimum Gasteiger partial charge on any atom is -0.465 e. The van der Waals surface area contributed by atoms with E-state index >= 15 is 0 Å². The maximum absolute atomic E-state index is 5.30. The van der Waals surface area contributed by atoms with Crippen molar-refractivity contribution in [1.82, 2.24) is 0 Å². The zero-order valence-corrected chi connectivity index (χ0v) is 12.7. The van der Waals surface area contributed by atoms with E-state index < -0.39 is 0 Å². The quantitative estimate of drug-likeness (QED) is 0.431. The molecule has 1 nitrogen and oxygen atoms in total. The van der Waals surface area contributed by atoms with Gasteiger partial charge in [-0.1, -0.05) is 48.5 Å². The van der Waals surface area contributed by atoms with Gasteiger partial charge in [0.2, 0.25) is 0 Å². The summed E-state index contributed by atoms with van der Waals surface area (Å²) in [5.74, 6) is 0.869. The van der Waals surface area contributed by atoms with Crippen LogP contribution in [0.3, 0.4) is 0 Å². The lowest BCUT2D eigenvalue weighted by molar-refractivity contribution is 0.557. The second kappa shape index (κ2) is 5.66. The molecule has 0 radical (unpaired) electrons. The molecule has 106 valence electrons. The summed E-state index contributed by atoms with van der Waals surface area (Å²) in [6.45, 7) is 0. The number of thiophene rings is 1. The molecule has 0 N–H and O–H groups in total. The summed E-state index contributed by atoms with van der Waals surface area (Å²) in [5.41, 5.74) is 2.43. The van der Waals surface area contributed by atoms with Crippen molar-refractivity contribution in [3.05, 3.63) is 84.3 Å². The lowest BCUT2D eigenvalue weighted by Crippen LogP contribution is -1.74. The summed E-state index contributed by atoms with van der Waals surface area (Å²) in [6, 6.07) is 23.2. The minimum atomic E-state index is 0.869. The molecular formula is C20H14OS. The molecule has 2 aromatic heterocycles. The van der Waals surface area contributed by atoms with Gasteiger partial charge in [-0.25, -0.2) is 0 Å². The average Bonchev–Trinajstić information content (AvgIpc) is 3.22. The molecule has 22 heavy (non-hydrogen) atoms. The lowest BCUT2D eigenvalue weighted by atomic mass is 10.1. The Hall–Kier alpha value is -2.58. The molecule has 0 bridgehead atoms. The van der Waals surface area contributed by atoms with E-state index in [1.54, 1.807) is 6.26 Å². The Kier molecular flexibility index (Phi) is 3.37. The molecule has 2 heteroatoms. The van der Waals surface area contributed by atoms with Crippen molar-refractivity contribution in [2.75, 3.05) is 0 Å². The first-order chi connectivity index (χ1) is 10.9. The maximum atomic E-state index is 5.30. The second-order valence-electron chi connectivity index (χ2n) is 5.12. The topological polar surface area (TPSA) is 13.1 Å². The summed E-state index contributed by atoms with van der Waals surface area (Å²) in [7, 11) is 0. The van der Waals surface area contributed by atoms with Crippen molar-refractivity contribution in [2.24, 2.45) is 0 Å². The fraction of sp³-hybridized carbons (Fsp3) is 0. The Morgan fingerprint density at radius 2 is 1.68 bits per heavy atom. The molecule has 4 rings (SSSR count). The molecule has 2 aromatic carbocycles. The largest absolute Gasteiger partial charge is 0.465 e. The van der Waals surface area contributed by atoms with Gasteiger partial charge >= 0.3 is 0 Å². The second-order valence-corrected chi connectivity index (χ2v) is 6.20. The predicted molar refractivity (Wildman–Crippen MR) is 94.9 cm³/mol. The van der Waals surface area contributed by atoms with Crippen molar-refractivity contribution in [2.45, 2.75) is 0 Å². The van der Waals surface area contributed by atoms with Crippen LogP contribution in [-0.2, 0) is 0 Å². The van der Waals surface area contributed by atoms with E-state index in [4.69, 9.17) is 4.42 Å². The molecule has 0 atom stereocenters. The predicted octanol–water partition coefficient (Wildman–Crippen LogP) is 6.33. The standard InChI is InChI=1S/C20H14OS/c1-2-6-19-17(4-1)14-20(22-19)16-10-7-15(8-11-16)9-12-18-5-3-13-21-18/h1-14H. The van der Waals surface area contributed by atoms with Crippen LogP contribution in [0.1, 0.15) is 11.3 Å². The first kappa shape index (κ1) is 13.1. The number of hydrogen-bond acceptors (Lipinski definition) is 2. The molecule has 0 spiro atoms. The molecule has 2 heterocycles. The van der Waals surface area contributed by atoms with Crippen LogP contribution in [0.5, 0.6) is 0 Å². The van der Waals surface area contributed by atoms with Crippen molar-refractivity contribution >= 4 is 33.6 Å². The average molecular weight is 302 g/mol. The Labute approximate surface area is 133 Å². The molecule has 0 aliphatic heterocycles. The number of rotatable bonds is 3. The first-order valence-electron chi connectivity index (χ1n) is 7.19. The van der Waals surface area contributed by atoms with Gasteiger partial charge in [0.05, 0.1) is 6.26 Å². The molecule has 0 saturated carbocycles. The molecule has 0 fully saturated rings. The highest BCUT2D eigenvalue weighted by Gasteiger charge is 2.03. The van der Waals surface area contributed by atoms with Crippen LogP contribution in [0.4, 0.5) is 0 Å². The van der Waals surface area contributed by atoms with E-state index in [1.807, 2.05) is 29.5 Å². The Balaban J connectivity index is 1.61. The monoisotopic (exact) mass is 302 g/mol. The van der Waals surface area contributed by atoms with E-state index in [0.29, 0.717) is 0 Å². The normalized spacial score (nSPS) is 11.5. The van der Waals surface area contributed by atoms with Gasteiger partial charge in [-0.15, -0.1) is 11.3 Å². The van der Waals surface area contributed by atoms with E-state index in [1.165, 1.54) is 26.1 Å². The van der Waals surface area contributed by atoms with Crippen LogP contribution < -0.4 is 0 Å². The number of fused-ring (bicyclic) bond motifs is 1. The maximum Gasteiger partial charge on any atom is 0.126 e. The molecule has 0 unspecified atom stereocenters. The van der Waals surface area contributed by atoms with Gasteiger partial charge in [-0.2, -0.15) is 0 Å². The van der Waals surface area contributed by atoms with Crippen LogP contribution in [0, 0.1) is 0 Å². The van der Waals surface area contributed by atoms with Gasteiger partial charge in [-0.05, 0) is 46.9 Å². The van der Waals surface area contributed by atoms with E-state index in [9.17, 15) is 0 Å². The SMILES string of the molecule is C(=Cc1ccco1)c1ccc(-c2cc3ccccc3s2)cc1. The first-order valence-corrected chi connectivity index (χ1v) is 8.01. The highest BCUT2D eigenvalue weighted by Crippen LogP contribution is 2.33. The molecular weight excluding hydrogens is 288 g/mol. The molecule has 0 aliphatic carbocycles. The summed E-state index contributed by atoms with van der Waals surface area (Å²) in [5, 5.41) is 1.31. The van der Waals surface area contributed by atoms with Gasteiger partial charge in [0.25, 0.3) is 0 Å². The van der Waals surface area contributed by atoms with E-state index in [-0.39, 0.29) is 0 Å². The van der Waals surface area contributed by atoms with Crippen molar-refractivity contribution in [3.8, 4) is 10.4 Å². The summed E-state index contributed by atoms with van der Waals surface area (Å²) >= 11 is 1.83. The third-order valence-electron chi connectivity index (χ3n) is 3.60. The highest BCUT2D eigenvalue weighted by molar-refractivity contribution is 7.22. The van der Waals surface area contributed by atoms with Crippen LogP contribution in [-0.4, -0.2) is 0 Å². The third-order valence-corrected chi connectivity index (χ3v) is 4.77. The smallest absolute Gasteiger partial charge is 0.126 e. The summed E-state index contributed by atoms with van der Waals surface area (Å²) < 4.78 is 6.63. The van der Waals surface area contributed by atoms with E-state index in [0.717, 1.165) is 5.76 Å². The Morgan fingerprint density at radius 3 is 2.45 bits per heavy atom. The van der Waals surface area contributed by atoms with Crippen LogP contribution in [0.25, 0.3) is 32.7 Å². The Bertz CT molecular complexity index is 879. The van der Waals surface area contributed by atoms with Crippen molar-refractivity contribution in [3.63, 3.8) is 0 Å². The van der Waals surface area contributed by atoms with Gasteiger partial charge in [-0.3, -0.25) is 0 Å². The fourth-order valence-corrected chi connectivity index (χ4v) is 3.52. The highest BCUT2D eigenvalue weighted by atomic mass is 32.1. The van der Waals surface area contributed by atoms with Crippen LogP contribution in [0.2, 0.25) is 0 Å². The van der Waals surface area contributed by atoms with Gasteiger partial charge in [0, 0.05) is 9.58 Å².